The van der Waals surface area contributed by atoms with Gasteiger partial charge in [-0.25, -0.2) is 0 Å². The molecule has 0 radical (unpaired) electrons. The highest BCUT2D eigenvalue weighted by molar-refractivity contribution is 9.10. The molecule has 6 heteroatoms. The number of nitrogens with one attached hydrogen (secondary N) is 1. The average Bonchev–Trinajstić information content (AvgIpc) is 3.04. The highest BCUT2D eigenvalue weighted by Gasteiger charge is 2.37. The largest absolute Gasteiger partial charge is 0.497 e. The Morgan fingerprint density at radius 1 is 1.22 bits per heavy atom. The van der Waals surface area contributed by atoms with Crippen LogP contribution < -0.4 is 15.0 Å². The number of rotatable bonds is 5. The quantitative estimate of drug-likeness (QED) is 0.782. The van der Waals surface area contributed by atoms with E-state index >= 15 is 0 Å². The molecule has 1 atom stereocenters. The molecule has 1 aliphatic heterocycles. The lowest BCUT2D eigenvalue weighted by atomic mass is 9.93. The number of nitrogens with zero attached hydrogens (tertiary/aromatic N) is 1. The Kier molecular flexibility index (Phi) is 5.56. The topological polar surface area (TPSA) is 58.6 Å². The van der Waals surface area contributed by atoms with Gasteiger partial charge in [-0.15, -0.1) is 0 Å². The first-order valence-corrected chi connectivity index (χ1v) is 9.62. The first-order valence-electron chi connectivity index (χ1n) is 8.82. The third-order valence-corrected chi connectivity index (χ3v) is 5.39. The first-order chi connectivity index (χ1) is 12.8. The van der Waals surface area contributed by atoms with Crippen LogP contribution in [0.1, 0.15) is 25.8 Å². The van der Waals surface area contributed by atoms with Crippen molar-refractivity contribution in [1.82, 2.24) is 5.32 Å². The van der Waals surface area contributed by atoms with Gasteiger partial charge in [0, 0.05) is 29.2 Å². The summed E-state index contributed by atoms with van der Waals surface area (Å²) >= 11 is 3.42. The maximum atomic E-state index is 12.8. The number of hydrogen-bond donors (Lipinski definition) is 1. The number of hydrogen-bond acceptors (Lipinski definition) is 3. The van der Waals surface area contributed by atoms with E-state index < -0.39 is 5.54 Å². The second-order valence-electron chi connectivity index (χ2n) is 7.23. The van der Waals surface area contributed by atoms with Gasteiger partial charge in [-0.05, 0) is 43.7 Å². The number of carbonyl (C=O) groups is 2. The van der Waals surface area contributed by atoms with Crippen molar-refractivity contribution in [1.29, 1.82) is 0 Å². The Morgan fingerprint density at radius 2 is 1.93 bits per heavy atom. The van der Waals surface area contributed by atoms with Crippen LogP contribution in [0.5, 0.6) is 5.75 Å². The van der Waals surface area contributed by atoms with Crippen LogP contribution in [-0.2, 0) is 15.1 Å². The molecular formula is C21H23BrN2O3. The van der Waals surface area contributed by atoms with E-state index in [0.29, 0.717) is 12.3 Å². The van der Waals surface area contributed by atoms with E-state index in [2.05, 4.69) is 21.2 Å². The summed E-state index contributed by atoms with van der Waals surface area (Å²) in [6.45, 7) is 4.30. The molecule has 1 N–H and O–H groups in total. The van der Waals surface area contributed by atoms with Gasteiger partial charge >= 0.3 is 0 Å². The second-order valence-corrected chi connectivity index (χ2v) is 8.14. The SMILES string of the molecule is COc1cccc(N2CC(C(=O)NC(C)(C)c3ccc(Br)cc3)CC2=O)c1. The predicted molar refractivity (Wildman–Crippen MR) is 109 cm³/mol. The summed E-state index contributed by atoms with van der Waals surface area (Å²) in [6, 6.07) is 15.2. The van der Waals surface area contributed by atoms with Crippen molar-refractivity contribution in [2.45, 2.75) is 25.8 Å². The standard InChI is InChI=1S/C21H23BrN2O3/c1-21(2,15-7-9-16(22)10-8-15)23-20(26)14-11-19(25)24(13-14)17-5-4-6-18(12-17)27-3/h4-10,12,14H,11,13H2,1-3H3,(H,23,26). The van der Waals surface area contributed by atoms with Crippen LogP contribution in [0.4, 0.5) is 5.69 Å². The molecule has 142 valence electrons. The van der Waals surface area contributed by atoms with Gasteiger partial charge in [-0.1, -0.05) is 34.1 Å². The van der Waals surface area contributed by atoms with Crippen LogP contribution in [0.2, 0.25) is 0 Å². The smallest absolute Gasteiger partial charge is 0.227 e. The van der Waals surface area contributed by atoms with E-state index in [-0.39, 0.29) is 24.2 Å². The van der Waals surface area contributed by atoms with Crippen LogP contribution in [-0.4, -0.2) is 25.5 Å². The summed E-state index contributed by atoms with van der Waals surface area (Å²) in [4.78, 5) is 26.9. The molecule has 0 spiro atoms. The Labute approximate surface area is 167 Å². The van der Waals surface area contributed by atoms with Crippen LogP contribution >= 0.6 is 15.9 Å². The summed E-state index contributed by atoms with van der Waals surface area (Å²) in [5, 5.41) is 3.09. The molecule has 5 nitrogen and oxygen atoms in total. The van der Waals surface area contributed by atoms with Crippen molar-refractivity contribution in [3.8, 4) is 5.75 Å². The Hall–Kier alpha value is -2.34. The lowest BCUT2D eigenvalue weighted by Gasteiger charge is -2.28. The van der Waals surface area contributed by atoms with Crippen molar-refractivity contribution < 1.29 is 14.3 Å². The molecule has 2 aromatic carbocycles. The first kappa shape index (κ1) is 19.4. The van der Waals surface area contributed by atoms with Gasteiger partial charge in [0.25, 0.3) is 0 Å². The highest BCUT2D eigenvalue weighted by atomic mass is 79.9. The van der Waals surface area contributed by atoms with Gasteiger partial charge in [0.05, 0.1) is 18.6 Å². The minimum absolute atomic E-state index is 0.0511. The Bertz CT molecular complexity index is 849. The van der Waals surface area contributed by atoms with E-state index in [0.717, 1.165) is 15.7 Å². The molecule has 2 aromatic rings. The number of anilines is 1. The Balaban J connectivity index is 1.70. The van der Waals surface area contributed by atoms with E-state index in [1.54, 1.807) is 12.0 Å². The van der Waals surface area contributed by atoms with Crippen LogP contribution in [0.15, 0.2) is 53.0 Å². The van der Waals surface area contributed by atoms with Gasteiger partial charge in [0.15, 0.2) is 0 Å². The molecule has 3 rings (SSSR count). The molecule has 1 saturated heterocycles. The zero-order valence-corrected chi connectivity index (χ0v) is 17.2. The fourth-order valence-corrected chi connectivity index (χ4v) is 3.52. The molecule has 0 bridgehead atoms. The minimum Gasteiger partial charge on any atom is -0.497 e. The van der Waals surface area contributed by atoms with Crippen LogP contribution in [0, 0.1) is 5.92 Å². The molecule has 1 unspecified atom stereocenters. The molecule has 1 aliphatic rings. The third kappa shape index (κ3) is 4.33. The fraction of sp³-hybridized carbons (Fsp3) is 0.333. The van der Waals surface area contributed by atoms with E-state index in [9.17, 15) is 9.59 Å². The summed E-state index contributed by atoms with van der Waals surface area (Å²) in [6.07, 6.45) is 0.208. The predicted octanol–water partition coefficient (Wildman–Crippen LogP) is 3.86. The molecule has 0 aliphatic carbocycles. The lowest BCUT2D eigenvalue weighted by Crippen LogP contribution is -2.44. The molecule has 0 aromatic heterocycles. The van der Waals surface area contributed by atoms with Crippen LogP contribution in [0.25, 0.3) is 0 Å². The number of ether oxygens (including phenoxy) is 1. The number of benzene rings is 2. The average molecular weight is 431 g/mol. The summed E-state index contributed by atoms with van der Waals surface area (Å²) in [5.74, 6) is 0.148. The molecule has 0 saturated carbocycles. The summed E-state index contributed by atoms with van der Waals surface area (Å²) in [7, 11) is 1.59. The van der Waals surface area contributed by atoms with Crippen molar-refractivity contribution in [3.63, 3.8) is 0 Å². The van der Waals surface area contributed by atoms with Gasteiger partial charge < -0.3 is 15.0 Å². The zero-order valence-electron chi connectivity index (χ0n) is 15.7. The van der Waals surface area contributed by atoms with Gasteiger partial charge in [-0.3, -0.25) is 9.59 Å². The number of methoxy groups -OCH3 is 1. The molecule has 1 heterocycles. The summed E-state index contributed by atoms with van der Waals surface area (Å²) in [5.41, 5.74) is 1.24. The lowest BCUT2D eigenvalue weighted by molar-refractivity contribution is -0.127. The van der Waals surface area contributed by atoms with Crippen molar-refractivity contribution in [2.24, 2.45) is 5.92 Å². The Morgan fingerprint density at radius 3 is 2.59 bits per heavy atom. The minimum atomic E-state index is -0.524. The van der Waals surface area contributed by atoms with Gasteiger partial charge in [0.1, 0.15) is 5.75 Å². The molecule has 2 amide bonds. The maximum absolute atomic E-state index is 12.8. The van der Waals surface area contributed by atoms with Gasteiger partial charge in [-0.2, -0.15) is 0 Å². The normalized spacial score (nSPS) is 17.1. The molecular weight excluding hydrogens is 408 g/mol. The molecule has 27 heavy (non-hydrogen) atoms. The highest BCUT2D eigenvalue weighted by Crippen LogP contribution is 2.29. The van der Waals surface area contributed by atoms with Crippen LogP contribution in [0.3, 0.4) is 0 Å². The number of halogens is 1. The molecule has 1 fully saturated rings. The maximum Gasteiger partial charge on any atom is 0.227 e. The van der Waals surface area contributed by atoms with E-state index in [4.69, 9.17) is 4.74 Å². The number of carbonyl (C=O) groups excluding carboxylic acids is 2. The zero-order chi connectivity index (χ0) is 19.6. The fourth-order valence-electron chi connectivity index (χ4n) is 3.26. The monoisotopic (exact) mass is 430 g/mol. The number of amides is 2. The van der Waals surface area contributed by atoms with E-state index in [1.807, 2.05) is 62.4 Å². The summed E-state index contributed by atoms with van der Waals surface area (Å²) < 4.78 is 6.22. The third-order valence-electron chi connectivity index (χ3n) is 4.86. The second kappa shape index (κ2) is 7.72. The van der Waals surface area contributed by atoms with Crippen molar-refractivity contribution >= 4 is 33.4 Å². The van der Waals surface area contributed by atoms with E-state index in [1.165, 1.54) is 0 Å². The van der Waals surface area contributed by atoms with Crippen molar-refractivity contribution in [2.75, 3.05) is 18.6 Å². The van der Waals surface area contributed by atoms with Gasteiger partial charge in [0.2, 0.25) is 11.8 Å². The van der Waals surface area contributed by atoms with Crippen molar-refractivity contribution in [3.05, 3.63) is 58.6 Å².